The van der Waals surface area contributed by atoms with Crippen molar-refractivity contribution in [1.82, 2.24) is 0 Å². The SMILES string of the molecule is CC1=CC2C(=C(C)C1=O)CCC1C2CCC2C1CC1CN(c3ccc(C(F)(F)F)cc3)OC12C(=O)O. The van der Waals surface area contributed by atoms with E-state index in [-0.39, 0.29) is 29.5 Å². The molecule has 0 bridgehead atoms. The Labute approximate surface area is 207 Å². The maximum atomic E-state index is 13.0. The highest BCUT2D eigenvalue weighted by Crippen LogP contribution is 2.63. The van der Waals surface area contributed by atoms with Crippen LogP contribution in [0.3, 0.4) is 0 Å². The van der Waals surface area contributed by atoms with E-state index in [1.165, 1.54) is 22.8 Å². The molecule has 4 aliphatic carbocycles. The zero-order valence-electron chi connectivity index (χ0n) is 20.3. The van der Waals surface area contributed by atoms with Crippen molar-refractivity contribution < 1.29 is 32.7 Å². The molecule has 192 valence electrons. The van der Waals surface area contributed by atoms with E-state index < -0.39 is 23.3 Å². The van der Waals surface area contributed by atoms with Crippen molar-refractivity contribution in [2.24, 2.45) is 35.5 Å². The first-order valence-corrected chi connectivity index (χ1v) is 12.8. The molecule has 0 radical (unpaired) electrons. The topological polar surface area (TPSA) is 66.8 Å². The molecule has 1 aromatic rings. The van der Waals surface area contributed by atoms with Crippen LogP contribution in [-0.4, -0.2) is 29.0 Å². The van der Waals surface area contributed by atoms with E-state index in [2.05, 4.69) is 6.08 Å². The number of halogens is 3. The van der Waals surface area contributed by atoms with Crippen LogP contribution in [0.4, 0.5) is 18.9 Å². The van der Waals surface area contributed by atoms with Crippen LogP contribution in [0.15, 0.2) is 47.1 Å². The predicted molar refractivity (Wildman–Crippen MR) is 126 cm³/mol. The fourth-order valence-electron chi connectivity index (χ4n) is 8.28. The monoisotopic (exact) mass is 501 g/mol. The van der Waals surface area contributed by atoms with Crippen molar-refractivity contribution in [2.75, 3.05) is 11.6 Å². The van der Waals surface area contributed by atoms with Gasteiger partial charge in [0.05, 0.1) is 17.8 Å². The van der Waals surface area contributed by atoms with E-state index in [0.29, 0.717) is 24.1 Å². The molecule has 1 aromatic carbocycles. The Balaban J connectivity index is 1.27. The largest absolute Gasteiger partial charge is 0.479 e. The normalized spacial score (nSPS) is 37.8. The summed E-state index contributed by atoms with van der Waals surface area (Å²) in [5.74, 6) is 0.0826. The summed E-state index contributed by atoms with van der Waals surface area (Å²) in [5.41, 5.74) is 1.32. The van der Waals surface area contributed by atoms with Crippen molar-refractivity contribution >= 4 is 17.4 Å². The number of aliphatic carboxylic acids is 1. The maximum absolute atomic E-state index is 13.0. The number of anilines is 1. The number of nitrogens with zero attached hydrogens (tertiary/aromatic N) is 1. The number of carboxylic acids is 1. The summed E-state index contributed by atoms with van der Waals surface area (Å²) in [6, 6.07) is 4.72. The van der Waals surface area contributed by atoms with Gasteiger partial charge in [0, 0.05) is 17.8 Å². The molecule has 0 spiro atoms. The Morgan fingerprint density at radius 3 is 2.47 bits per heavy atom. The van der Waals surface area contributed by atoms with Gasteiger partial charge in [-0.05, 0) is 99.1 Å². The van der Waals surface area contributed by atoms with Crippen molar-refractivity contribution in [2.45, 2.75) is 57.7 Å². The molecule has 7 atom stereocenters. The summed E-state index contributed by atoms with van der Waals surface area (Å²) in [6.07, 6.45) is 1.91. The fourth-order valence-corrected chi connectivity index (χ4v) is 8.28. The summed E-state index contributed by atoms with van der Waals surface area (Å²) in [7, 11) is 0. The minimum atomic E-state index is -4.43. The van der Waals surface area contributed by atoms with Crippen molar-refractivity contribution in [3.05, 3.63) is 52.6 Å². The van der Waals surface area contributed by atoms with Crippen LogP contribution < -0.4 is 5.06 Å². The molecule has 1 saturated heterocycles. The number of allylic oxidation sites excluding steroid dienone is 4. The lowest BCUT2D eigenvalue weighted by atomic mass is 9.55. The van der Waals surface area contributed by atoms with Gasteiger partial charge in [-0.1, -0.05) is 11.6 Å². The standard InChI is InChI=1S/C28H30F3NO4/c1-14-11-22-19(15(2)25(14)33)7-8-21-20(22)9-10-24-23(21)12-17-13-32(36-27(17,24)26(34)35)18-5-3-16(4-6-18)28(29,30)31/h3-6,11,17,20-24H,7-10,12-13H2,1-2H3,(H,34,35). The minimum absolute atomic E-state index is 0.136. The van der Waals surface area contributed by atoms with E-state index >= 15 is 0 Å². The minimum Gasteiger partial charge on any atom is -0.479 e. The maximum Gasteiger partial charge on any atom is 0.416 e. The lowest BCUT2D eigenvalue weighted by Gasteiger charge is -2.50. The van der Waals surface area contributed by atoms with E-state index in [4.69, 9.17) is 4.84 Å². The van der Waals surface area contributed by atoms with E-state index in [0.717, 1.165) is 55.4 Å². The molecular weight excluding hydrogens is 471 g/mol. The van der Waals surface area contributed by atoms with Crippen LogP contribution >= 0.6 is 0 Å². The smallest absolute Gasteiger partial charge is 0.416 e. The molecule has 3 saturated carbocycles. The fraction of sp³-hybridized carbons (Fsp3) is 0.571. The van der Waals surface area contributed by atoms with Gasteiger partial charge in [0.15, 0.2) is 11.4 Å². The molecule has 5 aliphatic rings. The molecule has 1 N–H and O–H groups in total. The second-order valence-electron chi connectivity index (χ2n) is 11.3. The lowest BCUT2D eigenvalue weighted by molar-refractivity contribution is -0.174. The summed E-state index contributed by atoms with van der Waals surface area (Å²) in [5, 5.41) is 11.9. The van der Waals surface area contributed by atoms with Gasteiger partial charge in [0.2, 0.25) is 0 Å². The molecular formula is C28H30F3NO4. The van der Waals surface area contributed by atoms with Crippen LogP contribution in [0.1, 0.15) is 51.5 Å². The average Bonchev–Trinajstić information content (AvgIpc) is 3.37. The van der Waals surface area contributed by atoms with Gasteiger partial charge in [-0.15, -0.1) is 0 Å². The van der Waals surface area contributed by atoms with Crippen LogP contribution in [0.25, 0.3) is 0 Å². The molecule has 0 aromatic heterocycles. The van der Waals surface area contributed by atoms with Crippen LogP contribution in [0.2, 0.25) is 0 Å². The van der Waals surface area contributed by atoms with Crippen LogP contribution in [0, 0.1) is 35.5 Å². The Kier molecular flexibility index (Phi) is 5.24. The summed E-state index contributed by atoms with van der Waals surface area (Å²) in [4.78, 5) is 31.5. The number of carbonyl (C=O) groups is 2. The number of carbonyl (C=O) groups excluding carboxylic acids is 1. The lowest BCUT2D eigenvalue weighted by Crippen LogP contribution is -2.52. The van der Waals surface area contributed by atoms with Gasteiger partial charge >= 0.3 is 12.1 Å². The Morgan fingerprint density at radius 2 is 1.81 bits per heavy atom. The number of hydrogen-bond donors (Lipinski definition) is 1. The first-order chi connectivity index (χ1) is 17.0. The van der Waals surface area contributed by atoms with Crippen LogP contribution in [-0.2, 0) is 20.6 Å². The number of benzene rings is 1. The van der Waals surface area contributed by atoms with Gasteiger partial charge < -0.3 is 5.11 Å². The van der Waals surface area contributed by atoms with Gasteiger partial charge in [0.1, 0.15) is 0 Å². The number of ketones is 1. The molecule has 5 nitrogen and oxygen atoms in total. The van der Waals surface area contributed by atoms with Gasteiger partial charge in [-0.25, -0.2) is 4.79 Å². The third kappa shape index (κ3) is 3.25. The molecule has 6 rings (SSSR count). The van der Waals surface area contributed by atoms with E-state index in [1.807, 2.05) is 13.8 Å². The Bertz CT molecular complexity index is 1190. The second-order valence-corrected chi connectivity index (χ2v) is 11.3. The van der Waals surface area contributed by atoms with Crippen molar-refractivity contribution in [3.8, 4) is 0 Å². The summed E-state index contributed by atoms with van der Waals surface area (Å²) < 4.78 is 39.0. The predicted octanol–water partition coefficient (Wildman–Crippen LogP) is 5.81. The number of Topliss-reactive ketones (excluding diaryl/α,β-unsaturated/α-hetero) is 1. The number of hydroxylamine groups is 1. The van der Waals surface area contributed by atoms with Gasteiger partial charge in [-0.3, -0.25) is 14.7 Å². The zero-order valence-corrected chi connectivity index (χ0v) is 20.3. The van der Waals surface area contributed by atoms with Crippen molar-refractivity contribution in [3.63, 3.8) is 0 Å². The quantitative estimate of drug-likeness (QED) is 0.554. The molecule has 4 fully saturated rings. The third-order valence-electron chi connectivity index (χ3n) is 9.83. The molecule has 1 aliphatic heterocycles. The van der Waals surface area contributed by atoms with Gasteiger partial charge in [0.25, 0.3) is 0 Å². The first-order valence-electron chi connectivity index (χ1n) is 12.8. The van der Waals surface area contributed by atoms with Crippen molar-refractivity contribution in [1.29, 1.82) is 0 Å². The summed E-state index contributed by atoms with van der Waals surface area (Å²) in [6.45, 7) is 4.18. The number of alkyl halides is 3. The highest BCUT2D eigenvalue weighted by Gasteiger charge is 2.68. The molecule has 0 amide bonds. The number of hydrogen-bond acceptors (Lipinski definition) is 4. The number of rotatable bonds is 2. The average molecular weight is 502 g/mol. The van der Waals surface area contributed by atoms with Gasteiger partial charge in [-0.2, -0.15) is 13.2 Å². The first kappa shape index (κ1) is 23.8. The van der Waals surface area contributed by atoms with E-state index in [9.17, 15) is 27.9 Å². The summed E-state index contributed by atoms with van der Waals surface area (Å²) >= 11 is 0. The molecule has 8 heteroatoms. The highest BCUT2D eigenvalue weighted by atomic mass is 19.4. The number of carboxylic acid groups (broad SMARTS) is 1. The Morgan fingerprint density at radius 1 is 1.08 bits per heavy atom. The van der Waals surface area contributed by atoms with Crippen LogP contribution in [0.5, 0.6) is 0 Å². The highest BCUT2D eigenvalue weighted by molar-refractivity contribution is 6.09. The molecule has 36 heavy (non-hydrogen) atoms. The molecule has 1 heterocycles. The number of fused-ring (bicyclic) bond motifs is 7. The molecule has 7 unspecified atom stereocenters. The Hall–Kier alpha value is -2.61. The third-order valence-corrected chi connectivity index (χ3v) is 9.83. The van der Waals surface area contributed by atoms with E-state index in [1.54, 1.807) is 0 Å². The zero-order chi connectivity index (χ0) is 25.6. The second kappa shape index (κ2) is 7.94.